The zero-order valence-corrected chi connectivity index (χ0v) is 15.0. The minimum atomic E-state index is -0.891. The van der Waals surface area contributed by atoms with Crippen molar-refractivity contribution in [3.05, 3.63) is 65.7 Å². The van der Waals surface area contributed by atoms with Crippen LogP contribution in [0.1, 0.15) is 25.0 Å². The standard InChI is InChI=1S/C21H26N2O2/c1-21(2,20(24)25)18-10-6-7-11-19(18)23-14-12-22(13-15-23)16-17-8-4-3-5-9-17/h3-11H,12-16H2,1-2H3,(H,24,25). The lowest BCUT2D eigenvalue weighted by Crippen LogP contribution is -2.47. The molecule has 4 heteroatoms. The van der Waals surface area contributed by atoms with Crippen LogP contribution >= 0.6 is 0 Å². The lowest BCUT2D eigenvalue weighted by atomic mass is 9.83. The van der Waals surface area contributed by atoms with E-state index in [0.717, 1.165) is 44.0 Å². The molecule has 0 aliphatic carbocycles. The van der Waals surface area contributed by atoms with E-state index in [9.17, 15) is 9.90 Å². The van der Waals surface area contributed by atoms with Crippen LogP contribution in [-0.2, 0) is 16.8 Å². The van der Waals surface area contributed by atoms with Gasteiger partial charge in [0.05, 0.1) is 5.41 Å². The summed E-state index contributed by atoms with van der Waals surface area (Å²) in [5, 5.41) is 9.60. The van der Waals surface area contributed by atoms with Crippen molar-refractivity contribution in [2.45, 2.75) is 25.8 Å². The van der Waals surface area contributed by atoms with Gasteiger partial charge in [0.2, 0.25) is 0 Å². The first-order valence-corrected chi connectivity index (χ1v) is 8.82. The molecule has 1 aliphatic heterocycles. The summed E-state index contributed by atoms with van der Waals surface area (Å²) in [5.41, 5.74) is 2.38. The van der Waals surface area contributed by atoms with E-state index in [1.54, 1.807) is 13.8 Å². The summed E-state index contributed by atoms with van der Waals surface area (Å²) in [6, 6.07) is 18.4. The second-order valence-corrected chi connectivity index (χ2v) is 7.20. The fourth-order valence-corrected chi connectivity index (χ4v) is 3.38. The van der Waals surface area contributed by atoms with Crippen LogP contribution in [0.25, 0.3) is 0 Å². The largest absolute Gasteiger partial charge is 0.481 e. The molecule has 0 amide bonds. The van der Waals surface area contributed by atoms with Crippen LogP contribution in [0.4, 0.5) is 5.69 Å². The van der Waals surface area contributed by atoms with Gasteiger partial charge in [-0.3, -0.25) is 9.69 Å². The van der Waals surface area contributed by atoms with Gasteiger partial charge in [-0.15, -0.1) is 0 Å². The van der Waals surface area contributed by atoms with Crippen molar-refractivity contribution in [2.75, 3.05) is 31.1 Å². The smallest absolute Gasteiger partial charge is 0.313 e. The molecule has 0 atom stereocenters. The molecule has 1 heterocycles. The van der Waals surface area contributed by atoms with Gasteiger partial charge in [-0.2, -0.15) is 0 Å². The maximum atomic E-state index is 11.7. The normalized spacial score (nSPS) is 16.0. The summed E-state index contributed by atoms with van der Waals surface area (Å²) in [7, 11) is 0. The summed E-state index contributed by atoms with van der Waals surface area (Å²) >= 11 is 0. The molecule has 0 bridgehead atoms. The summed E-state index contributed by atoms with van der Waals surface area (Å²) in [6.07, 6.45) is 0. The third-order valence-corrected chi connectivity index (χ3v) is 5.07. The fourth-order valence-electron chi connectivity index (χ4n) is 3.38. The zero-order chi connectivity index (χ0) is 17.9. The van der Waals surface area contributed by atoms with Gasteiger partial charge in [-0.25, -0.2) is 0 Å². The summed E-state index contributed by atoms with van der Waals surface area (Å²) in [6.45, 7) is 8.32. The second kappa shape index (κ2) is 7.28. The number of aliphatic carboxylic acids is 1. The van der Waals surface area contributed by atoms with E-state index in [1.165, 1.54) is 5.56 Å². The van der Waals surface area contributed by atoms with Gasteiger partial charge < -0.3 is 10.0 Å². The third-order valence-electron chi connectivity index (χ3n) is 5.07. The lowest BCUT2D eigenvalue weighted by Gasteiger charge is -2.38. The molecule has 1 fully saturated rings. The zero-order valence-electron chi connectivity index (χ0n) is 15.0. The van der Waals surface area contributed by atoms with Crippen LogP contribution in [0.2, 0.25) is 0 Å². The Kier molecular flexibility index (Phi) is 5.09. The number of carboxylic acid groups (broad SMARTS) is 1. The van der Waals surface area contributed by atoms with Gasteiger partial charge in [-0.05, 0) is 31.0 Å². The minimum absolute atomic E-state index is 0.789. The first kappa shape index (κ1) is 17.5. The van der Waals surface area contributed by atoms with Crippen molar-refractivity contribution in [3.8, 4) is 0 Å². The first-order chi connectivity index (χ1) is 12.0. The average molecular weight is 338 g/mol. The van der Waals surface area contributed by atoms with Crippen molar-refractivity contribution in [1.29, 1.82) is 0 Å². The van der Waals surface area contributed by atoms with Gasteiger partial charge >= 0.3 is 5.97 Å². The molecular weight excluding hydrogens is 312 g/mol. The Hall–Kier alpha value is -2.33. The molecule has 0 radical (unpaired) electrons. The molecule has 0 aromatic heterocycles. The Labute approximate surface area is 149 Å². The highest BCUT2D eigenvalue weighted by Crippen LogP contribution is 2.33. The summed E-state index contributed by atoms with van der Waals surface area (Å²) in [4.78, 5) is 16.5. The number of hydrogen-bond acceptors (Lipinski definition) is 3. The Morgan fingerprint density at radius 1 is 0.960 bits per heavy atom. The Morgan fingerprint density at radius 3 is 2.20 bits per heavy atom. The second-order valence-electron chi connectivity index (χ2n) is 7.20. The number of carbonyl (C=O) groups is 1. The highest BCUT2D eigenvalue weighted by atomic mass is 16.4. The number of para-hydroxylation sites is 1. The number of rotatable bonds is 5. The first-order valence-electron chi connectivity index (χ1n) is 8.82. The molecule has 3 rings (SSSR count). The molecule has 0 spiro atoms. The van der Waals surface area contributed by atoms with Crippen molar-refractivity contribution in [1.82, 2.24) is 4.90 Å². The number of anilines is 1. The molecule has 1 N–H and O–H groups in total. The van der Waals surface area contributed by atoms with Crippen molar-refractivity contribution in [2.24, 2.45) is 0 Å². The molecular formula is C21H26N2O2. The van der Waals surface area contributed by atoms with E-state index in [1.807, 2.05) is 30.3 Å². The molecule has 1 saturated heterocycles. The van der Waals surface area contributed by atoms with Crippen LogP contribution in [-0.4, -0.2) is 42.2 Å². The van der Waals surface area contributed by atoms with Crippen molar-refractivity contribution >= 4 is 11.7 Å². The average Bonchev–Trinajstić information content (AvgIpc) is 2.63. The molecule has 4 nitrogen and oxygen atoms in total. The fraction of sp³-hybridized carbons (Fsp3) is 0.381. The monoisotopic (exact) mass is 338 g/mol. The Balaban J connectivity index is 1.70. The molecule has 0 saturated carbocycles. The molecule has 2 aromatic carbocycles. The predicted molar refractivity (Wildman–Crippen MR) is 101 cm³/mol. The minimum Gasteiger partial charge on any atom is -0.481 e. The summed E-state index contributed by atoms with van der Waals surface area (Å²) < 4.78 is 0. The Bertz CT molecular complexity index is 720. The van der Waals surface area contributed by atoms with E-state index >= 15 is 0 Å². The molecule has 1 aliphatic rings. The maximum Gasteiger partial charge on any atom is 0.313 e. The van der Waals surface area contributed by atoms with Crippen LogP contribution in [0.3, 0.4) is 0 Å². The van der Waals surface area contributed by atoms with Crippen LogP contribution < -0.4 is 4.90 Å². The molecule has 132 valence electrons. The number of nitrogens with zero attached hydrogens (tertiary/aromatic N) is 2. The topological polar surface area (TPSA) is 43.8 Å². The van der Waals surface area contributed by atoms with Crippen LogP contribution in [0.5, 0.6) is 0 Å². The van der Waals surface area contributed by atoms with Crippen LogP contribution in [0.15, 0.2) is 54.6 Å². The predicted octanol–water partition coefficient (Wildman–Crippen LogP) is 3.37. The van der Waals surface area contributed by atoms with E-state index in [2.05, 4.69) is 34.1 Å². The van der Waals surface area contributed by atoms with E-state index in [0.29, 0.717) is 0 Å². The van der Waals surface area contributed by atoms with Crippen molar-refractivity contribution < 1.29 is 9.90 Å². The highest BCUT2D eigenvalue weighted by Gasteiger charge is 2.33. The van der Waals surface area contributed by atoms with E-state index in [-0.39, 0.29) is 0 Å². The molecule has 25 heavy (non-hydrogen) atoms. The van der Waals surface area contributed by atoms with Crippen molar-refractivity contribution in [3.63, 3.8) is 0 Å². The molecule has 0 unspecified atom stereocenters. The van der Waals surface area contributed by atoms with Gasteiger partial charge in [0.25, 0.3) is 0 Å². The quantitative estimate of drug-likeness (QED) is 0.908. The van der Waals surface area contributed by atoms with Gasteiger partial charge in [-0.1, -0.05) is 48.5 Å². The van der Waals surface area contributed by atoms with Gasteiger partial charge in [0.15, 0.2) is 0 Å². The number of carboxylic acids is 1. The summed E-state index contributed by atoms with van der Waals surface area (Å²) in [5.74, 6) is -0.789. The van der Waals surface area contributed by atoms with Gasteiger partial charge in [0.1, 0.15) is 0 Å². The van der Waals surface area contributed by atoms with E-state index < -0.39 is 11.4 Å². The molecule has 2 aromatic rings. The third kappa shape index (κ3) is 3.85. The van der Waals surface area contributed by atoms with Crippen LogP contribution in [0, 0.1) is 0 Å². The Morgan fingerprint density at radius 2 is 1.56 bits per heavy atom. The SMILES string of the molecule is CC(C)(C(=O)O)c1ccccc1N1CCN(Cc2ccccc2)CC1. The van der Waals surface area contributed by atoms with E-state index in [4.69, 9.17) is 0 Å². The number of hydrogen-bond donors (Lipinski definition) is 1. The maximum absolute atomic E-state index is 11.7. The highest BCUT2D eigenvalue weighted by molar-refractivity contribution is 5.83. The lowest BCUT2D eigenvalue weighted by molar-refractivity contribution is -0.142. The van der Waals surface area contributed by atoms with Gasteiger partial charge in [0, 0.05) is 38.4 Å². The number of benzene rings is 2. The number of piperazine rings is 1.